The predicted molar refractivity (Wildman–Crippen MR) is 105 cm³/mol. The van der Waals surface area contributed by atoms with Gasteiger partial charge in [-0.25, -0.2) is 4.98 Å². The van der Waals surface area contributed by atoms with Crippen molar-refractivity contribution < 1.29 is 14.5 Å². The predicted octanol–water partition coefficient (Wildman–Crippen LogP) is 2.56. The largest absolute Gasteiger partial charge is 0.343 e. The lowest BCUT2D eigenvalue weighted by atomic mass is 10.2. The lowest BCUT2D eigenvalue weighted by Gasteiger charge is -2.23. The molecule has 3 aromatic rings. The molecule has 148 valence electrons. The number of hydrogen-bond acceptors (Lipinski definition) is 5. The Morgan fingerprint density at radius 2 is 2.07 bits per heavy atom. The fourth-order valence-electron chi connectivity index (χ4n) is 3.60. The number of aromatic amines is 1. The van der Waals surface area contributed by atoms with E-state index in [0.29, 0.717) is 6.54 Å². The lowest BCUT2D eigenvalue weighted by molar-refractivity contribution is -0.384. The minimum Gasteiger partial charge on any atom is -0.343 e. The first-order valence-corrected chi connectivity index (χ1v) is 9.29. The van der Waals surface area contributed by atoms with Crippen LogP contribution in [0.25, 0.3) is 11.0 Å². The molecule has 2 amide bonds. The normalized spacial score (nSPS) is 16.1. The number of benzene rings is 2. The number of nitrogens with zero attached hydrogens (tertiary/aromatic N) is 3. The van der Waals surface area contributed by atoms with Gasteiger partial charge in [0.1, 0.15) is 5.82 Å². The number of para-hydroxylation sites is 2. The third-order valence-electron chi connectivity index (χ3n) is 5.02. The summed E-state index contributed by atoms with van der Waals surface area (Å²) in [5.74, 6) is -0.00432. The van der Waals surface area contributed by atoms with Crippen LogP contribution in [0.15, 0.2) is 48.5 Å². The number of nitro groups is 1. The monoisotopic (exact) mass is 393 g/mol. The van der Waals surface area contributed by atoms with Crippen molar-refractivity contribution in [1.29, 1.82) is 0 Å². The minimum absolute atomic E-state index is 0.141. The Morgan fingerprint density at radius 1 is 1.24 bits per heavy atom. The number of likely N-dealkylation sites (tertiary alicyclic amines) is 1. The van der Waals surface area contributed by atoms with Crippen molar-refractivity contribution >= 4 is 28.5 Å². The van der Waals surface area contributed by atoms with Crippen molar-refractivity contribution in [2.24, 2.45) is 0 Å². The molecular formula is C20H19N5O4. The zero-order valence-electron chi connectivity index (χ0n) is 15.5. The molecule has 9 heteroatoms. The van der Waals surface area contributed by atoms with E-state index in [1.165, 1.54) is 24.3 Å². The van der Waals surface area contributed by atoms with Crippen LogP contribution in [0.2, 0.25) is 0 Å². The highest BCUT2D eigenvalue weighted by Gasteiger charge is 2.32. The number of H-pyrrole nitrogens is 1. The third-order valence-corrected chi connectivity index (χ3v) is 5.02. The summed E-state index contributed by atoms with van der Waals surface area (Å²) in [6.07, 6.45) is 1.65. The molecule has 0 bridgehead atoms. The van der Waals surface area contributed by atoms with Crippen LogP contribution in [0, 0.1) is 10.1 Å². The van der Waals surface area contributed by atoms with E-state index in [1.807, 2.05) is 24.3 Å². The summed E-state index contributed by atoms with van der Waals surface area (Å²) in [7, 11) is 0. The molecule has 29 heavy (non-hydrogen) atoms. The first-order chi connectivity index (χ1) is 14.0. The second kappa shape index (κ2) is 7.70. The molecule has 1 aromatic heterocycles. The molecule has 4 rings (SSSR count). The van der Waals surface area contributed by atoms with E-state index in [2.05, 4.69) is 15.3 Å². The molecule has 2 heterocycles. The van der Waals surface area contributed by atoms with Crippen molar-refractivity contribution in [3.05, 3.63) is 70.0 Å². The number of nitrogens with one attached hydrogen (secondary N) is 2. The summed E-state index contributed by atoms with van der Waals surface area (Å²) in [6, 6.07) is 12.9. The number of imidazole rings is 1. The number of non-ortho nitro benzene ring substituents is 1. The molecule has 1 fully saturated rings. The summed E-state index contributed by atoms with van der Waals surface area (Å²) in [4.78, 5) is 44.9. The van der Waals surface area contributed by atoms with Crippen LogP contribution in [0.5, 0.6) is 0 Å². The molecule has 2 aromatic carbocycles. The van der Waals surface area contributed by atoms with Gasteiger partial charge in [0.15, 0.2) is 0 Å². The van der Waals surface area contributed by atoms with E-state index >= 15 is 0 Å². The number of carbonyl (C=O) groups is 2. The zero-order chi connectivity index (χ0) is 20.4. The van der Waals surface area contributed by atoms with Crippen LogP contribution in [0.4, 0.5) is 5.69 Å². The fourth-order valence-corrected chi connectivity index (χ4v) is 3.60. The molecule has 1 unspecified atom stereocenters. The highest BCUT2D eigenvalue weighted by Crippen LogP contribution is 2.31. The number of aromatic nitrogens is 2. The topological polar surface area (TPSA) is 121 Å². The van der Waals surface area contributed by atoms with Crippen LogP contribution < -0.4 is 5.32 Å². The zero-order valence-corrected chi connectivity index (χ0v) is 15.5. The summed E-state index contributed by atoms with van der Waals surface area (Å²) in [5, 5.41) is 13.4. The van der Waals surface area contributed by atoms with Gasteiger partial charge in [0.25, 0.3) is 11.6 Å². The molecule has 2 N–H and O–H groups in total. The van der Waals surface area contributed by atoms with E-state index < -0.39 is 10.8 Å². The molecular weight excluding hydrogens is 374 g/mol. The van der Waals surface area contributed by atoms with Gasteiger partial charge in [0.2, 0.25) is 5.91 Å². The Bertz CT molecular complexity index is 1060. The number of nitro benzene ring substituents is 1. The number of amides is 2. The second-order valence-electron chi connectivity index (χ2n) is 6.87. The van der Waals surface area contributed by atoms with Gasteiger partial charge in [-0.3, -0.25) is 19.7 Å². The Balaban J connectivity index is 1.43. The molecule has 0 radical (unpaired) electrons. The fraction of sp³-hybridized carbons (Fsp3) is 0.250. The van der Waals surface area contributed by atoms with Gasteiger partial charge in [0, 0.05) is 24.2 Å². The Morgan fingerprint density at radius 3 is 2.86 bits per heavy atom. The first kappa shape index (κ1) is 18.6. The van der Waals surface area contributed by atoms with Gasteiger partial charge in [0.05, 0.1) is 28.5 Å². The van der Waals surface area contributed by atoms with Crippen LogP contribution in [-0.4, -0.2) is 44.7 Å². The summed E-state index contributed by atoms with van der Waals surface area (Å²) >= 11 is 0. The highest BCUT2D eigenvalue weighted by atomic mass is 16.6. The third kappa shape index (κ3) is 3.79. The van der Waals surface area contributed by atoms with Crippen molar-refractivity contribution in [3.63, 3.8) is 0 Å². The van der Waals surface area contributed by atoms with E-state index in [9.17, 15) is 19.7 Å². The maximum Gasteiger partial charge on any atom is 0.270 e. The molecule has 1 atom stereocenters. The van der Waals surface area contributed by atoms with Crippen molar-refractivity contribution in [1.82, 2.24) is 20.2 Å². The van der Waals surface area contributed by atoms with E-state index in [1.54, 1.807) is 4.90 Å². The molecule has 9 nitrogen and oxygen atoms in total. The molecule has 0 spiro atoms. The second-order valence-corrected chi connectivity index (χ2v) is 6.87. The number of fused-ring (bicyclic) bond motifs is 1. The molecule has 1 aliphatic heterocycles. The van der Waals surface area contributed by atoms with Crippen molar-refractivity contribution in [2.75, 3.05) is 13.1 Å². The first-order valence-electron chi connectivity index (χ1n) is 9.29. The smallest absolute Gasteiger partial charge is 0.270 e. The van der Waals surface area contributed by atoms with Crippen LogP contribution in [0.3, 0.4) is 0 Å². The molecule has 0 saturated carbocycles. The molecule has 0 aliphatic carbocycles. The molecule has 1 saturated heterocycles. The number of rotatable bonds is 5. The maximum absolute atomic E-state index is 12.7. The van der Waals surface area contributed by atoms with Gasteiger partial charge in [-0.1, -0.05) is 18.2 Å². The number of carbonyl (C=O) groups excluding carboxylic acids is 2. The van der Waals surface area contributed by atoms with E-state index in [-0.39, 0.29) is 29.7 Å². The van der Waals surface area contributed by atoms with Gasteiger partial charge in [-0.05, 0) is 31.0 Å². The van der Waals surface area contributed by atoms with Gasteiger partial charge in [-0.2, -0.15) is 0 Å². The quantitative estimate of drug-likeness (QED) is 0.510. The van der Waals surface area contributed by atoms with Crippen molar-refractivity contribution in [2.45, 2.75) is 18.9 Å². The SMILES string of the molecule is O=C(NCC(=O)N1CCCC1c1nc2ccccc2[nH]1)c1cccc([N+](=O)[O-])c1. The van der Waals surface area contributed by atoms with Crippen molar-refractivity contribution in [3.8, 4) is 0 Å². The summed E-state index contributed by atoms with van der Waals surface area (Å²) < 4.78 is 0. The summed E-state index contributed by atoms with van der Waals surface area (Å²) in [6.45, 7) is 0.408. The highest BCUT2D eigenvalue weighted by molar-refractivity contribution is 5.97. The standard InChI is InChI=1S/C20H19N5O4/c26-18(12-21-20(27)13-5-3-6-14(11-13)25(28)29)24-10-4-9-17(24)19-22-15-7-1-2-8-16(15)23-19/h1-3,5-8,11,17H,4,9-10,12H2,(H,21,27)(H,22,23). The Labute approximate surface area is 165 Å². The molecule has 1 aliphatic rings. The van der Waals surface area contributed by atoms with Crippen LogP contribution in [0.1, 0.15) is 35.1 Å². The van der Waals surface area contributed by atoms with Gasteiger partial charge >= 0.3 is 0 Å². The van der Waals surface area contributed by atoms with E-state index in [0.717, 1.165) is 29.7 Å². The maximum atomic E-state index is 12.7. The average Bonchev–Trinajstić information content (AvgIpc) is 3.38. The number of hydrogen-bond donors (Lipinski definition) is 2. The van der Waals surface area contributed by atoms with Gasteiger partial charge < -0.3 is 15.2 Å². The van der Waals surface area contributed by atoms with Crippen LogP contribution in [-0.2, 0) is 4.79 Å². The van der Waals surface area contributed by atoms with Crippen LogP contribution >= 0.6 is 0 Å². The minimum atomic E-state index is -0.565. The van der Waals surface area contributed by atoms with Gasteiger partial charge in [-0.15, -0.1) is 0 Å². The summed E-state index contributed by atoms with van der Waals surface area (Å²) in [5.41, 5.74) is 1.73. The lowest BCUT2D eigenvalue weighted by Crippen LogP contribution is -2.40. The average molecular weight is 393 g/mol. The Kier molecular flexibility index (Phi) is 4.94. The Hall–Kier alpha value is -3.75. The van der Waals surface area contributed by atoms with E-state index in [4.69, 9.17) is 0 Å².